The van der Waals surface area contributed by atoms with E-state index in [2.05, 4.69) is 9.72 Å². The fourth-order valence-electron chi connectivity index (χ4n) is 0.486. The molecule has 0 spiro atoms. The van der Waals surface area contributed by atoms with Crippen LogP contribution in [0.4, 0.5) is 0 Å². The maximum Gasteiger partial charge on any atom is 0.356 e. The summed E-state index contributed by atoms with van der Waals surface area (Å²) in [6, 6.07) is -1.17. The van der Waals surface area contributed by atoms with Crippen molar-refractivity contribution >= 4 is 29.2 Å². The molecule has 0 radical (unpaired) electrons. The number of hydrogen-bond donors (Lipinski definition) is 0. The van der Waals surface area contributed by atoms with Crippen molar-refractivity contribution in [3.8, 4) is 0 Å². The van der Waals surface area contributed by atoms with E-state index in [0.717, 1.165) is 0 Å². The highest BCUT2D eigenvalue weighted by atomic mass is 35.5. The largest absolute Gasteiger partial charge is 0.464 e. The van der Waals surface area contributed by atoms with E-state index in [0.29, 0.717) is 0 Å². The van der Waals surface area contributed by atoms with Gasteiger partial charge in [-0.05, 0) is 12.1 Å². The number of halogens is 2. The Morgan fingerprint density at radius 3 is 3.17 bits per heavy atom. The Bertz CT molecular complexity index is 476. The van der Waals surface area contributed by atoms with Crippen LogP contribution < -0.4 is 0 Å². The molecule has 0 aliphatic carbocycles. The molecule has 1 aromatic rings. The fraction of sp³-hybridized carbons (Fsp3) is 0.143. The van der Waals surface area contributed by atoms with E-state index in [1.807, 2.05) is 0 Å². The standard InChI is InChI=1S/C7H5Cl2NO2/c1-12-7(11)5-3-2-4(8)6(9)10-5/h2-3H,1H3/i1D3,2D,3D. The summed E-state index contributed by atoms with van der Waals surface area (Å²) in [6.45, 7) is 0. The molecule has 0 aromatic carbocycles. The molecular formula is C7H5Cl2NO2. The minimum absolute atomic E-state index is 0.290. The van der Waals surface area contributed by atoms with Gasteiger partial charge < -0.3 is 4.74 Å². The Kier molecular flexibility index (Phi) is 1.38. The number of rotatable bonds is 1. The summed E-state index contributed by atoms with van der Waals surface area (Å²) in [5.41, 5.74) is -0.666. The topological polar surface area (TPSA) is 39.2 Å². The summed E-state index contributed by atoms with van der Waals surface area (Å²) in [5, 5.41) is -0.660. The minimum atomic E-state index is -2.96. The van der Waals surface area contributed by atoms with Crippen LogP contribution in [-0.2, 0) is 4.74 Å². The third-order valence-electron chi connectivity index (χ3n) is 0.968. The number of nitrogens with zero attached hydrogens (tertiary/aromatic N) is 1. The maximum atomic E-state index is 11.3. The molecule has 1 heterocycles. The van der Waals surface area contributed by atoms with Gasteiger partial charge in [0.05, 0.1) is 18.9 Å². The van der Waals surface area contributed by atoms with Crippen molar-refractivity contribution in [2.24, 2.45) is 0 Å². The van der Waals surface area contributed by atoms with Gasteiger partial charge in [0.15, 0.2) is 0 Å². The first-order valence-corrected chi connectivity index (χ1v) is 3.44. The fourth-order valence-corrected chi connectivity index (χ4v) is 0.707. The Morgan fingerprint density at radius 1 is 1.75 bits per heavy atom. The molecule has 1 aromatic heterocycles. The van der Waals surface area contributed by atoms with E-state index in [1.165, 1.54) is 0 Å². The maximum absolute atomic E-state index is 11.3. The highest BCUT2D eigenvalue weighted by Gasteiger charge is 2.08. The molecule has 5 heteroatoms. The van der Waals surface area contributed by atoms with Crippen LogP contribution in [0, 0.1) is 0 Å². The minimum Gasteiger partial charge on any atom is -0.464 e. The summed E-state index contributed by atoms with van der Waals surface area (Å²) < 4.78 is 39.0. The van der Waals surface area contributed by atoms with Crippen LogP contribution in [0.3, 0.4) is 0 Å². The molecule has 64 valence electrons. The second kappa shape index (κ2) is 3.74. The summed E-state index contributed by atoms with van der Waals surface area (Å²) >= 11 is 11.0. The van der Waals surface area contributed by atoms with Gasteiger partial charge >= 0.3 is 5.97 Å². The molecule has 0 bridgehead atoms. The normalized spacial score (nSPS) is 16.7. The lowest BCUT2D eigenvalue weighted by Gasteiger charge is -1.98. The molecule has 1 rings (SSSR count). The predicted molar refractivity (Wildman–Crippen MR) is 45.6 cm³/mol. The highest BCUT2D eigenvalue weighted by molar-refractivity contribution is 6.41. The molecule has 0 amide bonds. The monoisotopic (exact) mass is 210 g/mol. The van der Waals surface area contributed by atoms with E-state index in [-0.39, 0.29) is 10.2 Å². The molecule has 0 atom stereocenters. The predicted octanol–water partition coefficient (Wildman–Crippen LogP) is 2.17. The SMILES string of the molecule is [2H]c1c(C(=O)OC([2H])([2H])[2H])nc(Cl)c(Cl)c1[2H]. The van der Waals surface area contributed by atoms with Crippen molar-refractivity contribution in [2.45, 2.75) is 0 Å². The van der Waals surface area contributed by atoms with Gasteiger partial charge in [-0.15, -0.1) is 0 Å². The van der Waals surface area contributed by atoms with Crippen LogP contribution in [0.1, 0.15) is 17.3 Å². The van der Waals surface area contributed by atoms with Gasteiger partial charge in [0.1, 0.15) is 10.8 Å². The summed E-state index contributed by atoms with van der Waals surface area (Å²) in [5.74, 6) is -1.36. The van der Waals surface area contributed by atoms with Crippen LogP contribution in [0.2, 0.25) is 10.2 Å². The lowest BCUT2D eigenvalue weighted by Crippen LogP contribution is -2.03. The van der Waals surface area contributed by atoms with E-state index in [9.17, 15) is 4.79 Å². The third-order valence-corrected chi connectivity index (χ3v) is 1.61. The van der Waals surface area contributed by atoms with Crippen molar-refractivity contribution < 1.29 is 16.4 Å². The second-order valence-corrected chi connectivity index (χ2v) is 2.44. The van der Waals surface area contributed by atoms with E-state index < -0.39 is 30.8 Å². The van der Waals surface area contributed by atoms with Gasteiger partial charge in [-0.3, -0.25) is 0 Å². The number of carbonyl (C=O) groups excluding carboxylic acids is 1. The smallest absolute Gasteiger partial charge is 0.356 e. The van der Waals surface area contributed by atoms with Crippen LogP contribution in [0.25, 0.3) is 0 Å². The Balaban J connectivity index is 3.20. The Hall–Kier alpha value is -0.800. The van der Waals surface area contributed by atoms with Crippen molar-refractivity contribution in [2.75, 3.05) is 7.04 Å². The number of methoxy groups -OCH3 is 1. The molecule has 0 saturated carbocycles. The summed E-state index contributed by atoms with van der Waals surface area (Å²) in [6.07, 6.45) is 0. The van der Waals surface area contributed by atoms with Gasteiger partial charge in [-0.1, -0.05) is 23.2 Å². The lowest BCUT2D eigenvalue weighted by molar-refractivity contribution is 0.0594. The number of hydrogen-bond acceptors (Lipinski definition) is 3. The molecule has 0 saturated heterocycles. The van der Waals surface area contributed by atoms with E-state index in [1.54, 1.807) is 0 Å². The van der Waals surface area contributed by atoms with Gasteiger partial charge in [0.25, 0.3) is 0 Å². The Morgan fingerprint density at radius 2 is 2.50 bits per heavy atom. The quantitative estimate of drug-likeness (QED) is 0.527. The highest BCUT2D eigenvalue weighted by Crippen LogP contribution is 2.19. The van der Waals surface area contributed by atoms with Gasteiger partial charge in [0.2, 0.25) is 0 Å². The van der Waals surface area contributed by atoms with E-state index >= 15 is 0 Å². The van der Waals surface area contributed by atoms with Crippen molar-refractivity contribution in [1.82, 2.24) is 4.98 Å². The second-order valence-electron chi connectivity index (χ2n) is 1.70. The number of pyridine rings is 1. The molecular weight excluding hydrogens is 201 g/mol. The first-order valence-electron chi connectivity index (χ1n) is 5.19. The average Bonchev–Trinajstić information content (AvgIpc) is 2.17. The van der Waals surface area contributed by atoms with Crippen LogP contribution >= 0.6 is 23.2 Å². The number of carbonyl (C=O) groups is 1. The Labute approximate surface area is 86.3 Å². The molecule has 0 unspecified atom stereocenters. The first kappa shape index (κ1) is 4.44. The number of ether oxygens (including phenoxy) is 1. The van der Waals surface area contributed by atoms with Crippen LogP contribution in [0.5, 0.6) is 0 Å². The summed E-state index contributed by atoms with van der Waals surface area (Å²) in [4.78, 5) is 14.8. The number of aromatic nitrogens is 1. The molecule has 0 N–H and O–H groups in total. The average molecular weight is 211 g/mol. The van der Waals surface area contributed by atoms with Gasteiger partial charge in [-0.25, -0.2) is 9.78 Å². The molecule has 12 heavy (non-hydrogen) atoms. The van der Waals surface area contributed by atoms with Crippen molar-refractivity contribution in [3.63, 3.8) is 0 Å². The van der Waals surface area contributed by atoms with E-state index in [4.69, 9.17) is 30.1 Å². The summed E-state index contributed by atoms with van der Waals surface area (Å²) in [7, 11) is -2.96. The van der Waals surface area contributed by atoms with Gasteiger partial charge in [0, 0.05) is 0 Å². The molecule has 0 aliphatic heterocycles. The molecule has 0 aliphatic rings. The van der Waals surface area contributed by atoms with Crippen LogP contribution in [-0.4, -0.2) is 18.0 Å². The van der Waals surface area contributed by atoms with Gasteiger partial charge in [-0.2, -0.15) is 0 Å². The van der Waals surface area contributed by atoms with Crippen molar-refractivity contribution in [3.05, 3.63) is 28.0 Å². The number of esters is 1. The van der Waals surface area contributed by atoms with Crippen molar-refractivity contribution in [1.29, 1.82) is 0 Å². The molecule has 3 nitrogen and oxygen atoms in total. The molecule has 0 fully saturated rings. The first-order chi connectivity index (χ1) is 7.63. The zero-order chi connectivity index (χ0) is 13.4. The third kappa shape index (κ3) is 1.87. The zero-order valence-electron chi connectivity index (χ0n) is 10.5. The zero-order valence-corrected chi connectivity index (χ0v) is 7.03. The lowest BCUT2D eigenvalue weighted by atomic mass is 10.3. The van der Waals surface area contributed by atoms with Crippen LogP contribution in [0.15, 0.2) is 12.1 Å².